The van der Waals surface area contributed by atoms with Gasteiger partial charge in [-0.2, -0.15) is 0 Å². The van der Waals surface area contributed by atoms with Gasteiger partial charge in [-0.25, -0.2) is 0 Å². The van der Waals surface area contributed by atoms with Gasteiger partial charge in [0, 0.05) is 18.7 Å². The van der Waals surface area contributed by atoms with Crippen molar-refractivity contribution in [3.63, 3.8) is 0 Å². The van der Waals surface area contributed by atoms with E-state index in [1.165, 1.54) is 12.1 Å². The maximum absolute atomic E-state index is 10.2. The Bertz CT molecular complexity index is 261. The van der Waals surface area contributed by atoms with Gasteiger partial charge in [0.2, 0.25) is 0 Å². The minimum Gasteiger partial charge on any atom is -0.326 e. The van der Waals surface area contributed by atoms with Crippen molar-refractivity contribution < 1.29 is 4.92 Å². The van der Waals surface area contributed by atoms with Gasteiger partial charge in [0.1, 0.15) is 0 Å². The zero-order chi connectivity index (χ0) is 8.27. The number of non-ortho nitro benzene ring substituents is 1. The van der Waals surface area contributed by atoms with Gasteiger partial charge in [0.15, 0.2) is 0 Å². The molecule has 0 fully saturated rings. The Morgan fingerprint density at radius 3 is 2.17 bits per heavy atom. The Kier molecular flexibility index (Phi) is 4.25. The van der Waals surface area contributed by atoms with Crippen LogP contribution in [0, 0.1) is 10.1 Å². The maximum Gasteiger partial charge on any atom is 0.269 e. The number of halogens is 1. The monoisotopic (exact) mass is 188 g/mol. The minimum absolute atomic E-state index is 0. The molecule has 0 spiro atoms. The maximum atomic E-state index is 10.2. The normalized spacial score (nSPS) is 8.75. The van der Waals surface area contributed by atoms with Crippen LogP contribution < -0.4 is 5.73 Å². The molecule has 4 nitrogen and oxygen atoms in total. The first-order valence-corrected chi connectivity index (χ1v) is 3.17. The van der Waals surface area contributed by atoms with Crippen molar-refractivity contribution in [2.24, 2.45) is 5.73 Å². The van der Waals surface area contributed by atoms with Crippen molar-refractivity contribution in [1.29, 1.82) is 0 Å². The zero-order valence-electron chi connectivity index (χ0n) is 6.27. The molecule has 1 aromatic carbocycles. The van der Waals surface area contributed by atoms with Crippen LogP contribution in [0.3, 0.4) is 0 Å². The molecule has 0 saturated carbocycles. The summed E-state index contributed by atoms with van der Waals surface area (Å²) in [6.07, 6.45) is 0. The molecular weight excluding hydrogens is 180 g/mol. The topological polar surface area (TPSA) is 69.2 Å². The number of nitro benzene ring substituents is 1. The van der Waals surface area contributed by atoms with E-state index in [4.69, 9.17) is 5.73 Å². The number of rotatable bonds is 2. The summed E-state index contributed by atoms with van der Waals surface area (Å²) in [5.74, 6) is 0. The van der Waals surface area contributed by atoms with Crippen LogP contribution in [0.15, 0.2) is 24.3 Å². The zero-order valence-corrected chi connectivity index (χ0v) is 7.08. The lowest BCUT2D eigenvalue weighted by atomic mass is 10.2. The molecule has 0 aliphatic heterocycles. The average Bonchev–Trinajstić information content (AvgIpc) is 2.05. The number of benzene rings is 1. The molecule has 0 aliphatic rings. The van der Waals surface area contributed by atoms with E-state index in [0.717, 1.165) is 5.56 Å². The molecule has 12 heavy (non-hydrogen) atoms. The van der Waals surface area contributed by atoms with Crippen molar-refractivity contribution in [2.75, 3.05) is 0 Å². The number of hydrogen-bond donors (Lipinski definition) is 1. The second kappa shape index (κ2) is 4.69. The van der Waals surface area contributed by atoms with E-state index in [-0.39, 0.29) is 18.1 Å². The van der Waals surface area contributed by atoms with Gasteiger partial charge in [0.05, 0.1) is 4.92 Å². The highest BCUT2D eigenvalue weighted by atomic mass is 35.5. The van der Waals surface area contributed by atoms with Gasteiger partial charge in [-0.05, 0) is 5.56 Å². The molecule has 0 heterocycles. The highest BCUT2D eigenvalue weighted by Crippen LogP contribution is 2.10. The standard InChI is InChI=1S/C7H8N2O2.ClH/c8-5-6-1-3-7(4-2-6)9(10)11;/h1-4H,5,8H2;1H. The molecule has 1 rings (SSSR count). The van der Waals surface area contributed by atoms with Gasteiger partial charge in [0.25, 0.3) is 5.69 Å². The lowest BCUT2D eigenvalue weighted by molar-refractivity contribution is -0.384. The molecule has 0 saturated heterocycles. The smallest absolute Gasteiger partial charge is 0.269 e. The number of nitro groups is 1. The molecule has 0 aliphatic carbocycles. The second-order valence-electron chi connectivity index (χ2n) is 2.13. The summed E-state index contributed by atoms with van der Waals surface area (Å²) in [5, 5.41) is 10.2. The summed E-state index contributed by atoms with van der Waals surface area (Å²) in [6, 6.07) is 6.20. The minimum atomic E-state index is -0.430. The van der Waals surface area contributed by atoms with Crippen LogP contribution in [0.2, 0.25) is 0 Å². The summed E-state index contributed by atoms with van der Waals surface area (Å²) in [5.41, 5.74) is 6.30. The van der Waals surface area contributed by atoms with Gasteiger partial charge in [-0.1, -0.05) is 12.1 Å². The SMILES string of the molecule is Cl.NCc1ccc([N+](=O)[O-])cc1. The van der Waals surface area contributed by atoms with Gasteiger partial charge < -0.3 is 5.73 Å². The van der Waals surface area contributed by atoms with E-state index < -0.39 is 4.92 Å². The van der Waals surface area contributed by atoms with Crippen molar-refractivity contribution >= 4 is 18.1 Å². The van der Waals surface area contributed by atoms with E-state index in [1.54, 1.807) is 12.1 Å². The van der Waals surface area contributed by atoms with Crippen LogP contribution in [0.25, 0.3) is 0 Å². The fourth-order valence-electron chi connectivity index (χ4n) is 0.754. The Hall–Kier alpha value is -1.13. The Morgan fingerprint density at radius 1 is 1.33 bits per heavy atom. The largest absolute Gasteiger partial charge is 0.326 e. The number of nitrogens with two attached hydrogens (primary N) is 1. The summed E-state index contributed by atoms with van der Waals surface area (Å²) in [4.78, 5) is 9.74. The quantitative estimate of drug-likeness (QED) is 0.565. The molecule has 1 aromatic rings. The molecule has 0 unspecified atom stereocenters. The number of hydrogen-bond acceptors (Lipinski definition) is 3. The fraction of sp³-hybridized carbons (Fsp3) is 0.143. The van der Waals surface area contributed by atoms with Crippen LogP contribution in [-0.2, 0) is 6.54 Å². The van der Waals surface area contributed by atoms with Gasteiger partial charge in [-0.15, -0.1) is 12.4 Å². The molecule has 5 heteroatoms. The van der Waals surface area contributed by atoms with Crippen LogP contribution >= 0.6 is 12.4 Å². The third-order valence-electron chi connectivity index (χ3n) is 1.38. The molecule has 0 atom stereocenters. The first kappa shape index (κ1) is 10.9. The van der Waals surface area contributed by atoms with Crippen molar-refractivity contribution in [1.82, 2.24) is 0 Å². The molecule has 0 bridgehead atoms. The third kappa shape index (κ3) is 2.48. The van der Waals surface area contributed by atoms with E-state index in [1.807, 2.05) is 0 Å². The molecule has 0 radical (unpaired) electrons. The van der Waals surface area contributed by atoms with E-state index >= 15 is 0 Å². The van der Waals surface area contributed by atoms with Crippen LogP contribution in [0.4, 0.5) is 5.69 Å². The lowest BCUT2D eigenvalue weighted by Crippen LogP contribution is -1.96. The molecule has 66 valence electrons. The highest BCUT2D eigenvalue weighted by Gasteiger charge is 2.01. The highest BCUT2D eigenvalue weighted by molar-refractivity contribution is 5.85. The summed E-state index contributed by atoms with van der Waals surface area (Å²) < 4.78 is 0. The predicted octanol–water partition coefficient (Wildman–Crippen LogP) is 1.48. The predicted molar refractivity (Wildman–Crippen MR) is 48.2 cm³/mol. The fourth-order valence-corrected chi connectivity index (χ4v) is 0.754. The van der Waals surface area contributed by atoms with Crippen LogP contribution in [0.1, 0.15) is 5.56 Å². The van der Waals surface area contributed by atoms with Gasteiger partial charge >= 0.3 is 0 Å². The number of nitrogens with zero attached hydrogens (tertiary/aromatic N) is 1. The second-order valence-corrected chi connectivity index (χ2v) is 2.13. The average molecular weight is 189 g/mol. The van der Waals surface area contributed by atoms with Crippen molar-refractivity contribution in [2.45, 2.75) is 6.54 Å². The first-order valence-electron chi connectivity index (χ1n) is 3.17. The third-order valence-corrected chi connectivity index (χ3v) is 1.38. The molecule has 2 N–H and O–H groups in total. The summed E-state index contributed by atoms with van der Waals surface area (Å²) in [6.45, 7) is 0.415. The van der Waals surface area contributed by atoms with E-state index in [0.29, 0.717) is 6.54 Å². The van der Waals surface area contributed by atoms with E-state index in [2.05, 4.69) is 0 Å². The Balaban J connectivity index is 0.00000121. The summed E-state index contributed by atoms with van der Waals surface area (Å²) in [7, 11) is 0. The van der Waals surface area contributed by atoms with Crippen LogP contribution in [0.5, 0.6) is 0 Å². The van der Waals surface area contributed by atoms with Crippen LogP contribution in [-0.4, -0.2) is 4.92 Å². The Labute approximate surface area is 75.9 Å². The molecule has 0 aromatic heterocycles. The molecular formula is C7H9ClN2O2. The van der Waals surface area contributed by atoms with E-state index in [9.17, 15) is 10.1 Å². The molecule has 0 amide bonds. The van der Waals surface area contributed by atoms with Gasteiger partial charge in [-0.3, -0.25) is 10.1 Å². The summed E-state index contributed by atoms with van der Waals surface area (Å²) >= 11 is 0. The first-order chi connectivity index (χ1) is 5.24. The Morgan fingerprint density at radius 2 is 1.83 bits per heavy atom. The van der Waals surface area contributed by atoms with Crippen molar-refractivity contribution in [3.05, 3.63) is 39.9 Å². The lowest BCUT2D eigenvalue weighted by Gasteiger charge is -1.93. The van der Waals surface area contributed by atoms with Crippen molar-refractivity contribution in [3.8, 4) is 0 Å².